The van der Waals surface area contributed by atoms with Crippen LogP contribution < -0.4 is 9.80 Å². The number of halogens is 1. The van der Waals surface area contributed by atoms with Crippen molar-refractivity contribution >= 4 is 34.6 Å². The standard InChI is InChI=1S/C24H31ClN2O4/c1-3-4-11-26-21-7-5-6-8-22(21)27(12-13-30-16-17-31-15-14-29-2)24(28)20-10-9-19(25)18-23(20)26/h5-10,18H,3-4,11-17H2,1-2H3. The molecule has 1 heterocycles. The number of benzene rings is 2. The first-order valence-electron chi connectivity index (χ1n) is 10.8. The predicted molar refractivity (Wildman–Crippen MR) is 125 cm³/mol. The van der Waals surface area contributed by atoms with E-state index in [1.807, 2.05) is 30.3 Å². The van der Waals surface area contributed by atoms with E-state index in [9.17, 15) is 4.79 Å². The van der Waals surface area contributed by atoms with E-state index in [1.165, 1.54) is 0 Å². The largest absolute Gasteiger partial charge is 0.382 e. The molecular weight excluding hydrogens is 416 g/mol. The Labute approximate surface area is 189 Å². The number of hydrogen-bond acceptors (Lipinski definition) is 5. The van der Waals surface area contributed by atoms with Crippen molar-refractivity contribution < 1.29 is 19.0 Å². The van der Waals surface area contributed by atoms with Crippen molar-refractivity contribution in [2.45, 2.75) is 19.8 Å². The molecule has 0 saturated heterocycles. The van der Waals surface area contributed by atoms with Gasteiger partial charge in [-0.15, -0.1) is 0 Å². The monoisotopic (exact) mass is 446 g/mol. The van der Waals surface area contributed by atoms with Crippen LogP contribution in [0.25, 0.3) is 0 Å². The van der Waals surface area contributed by atoms with E-state index >= 15 is 0 Å². The molecule has 0 radical (unpaired) electrons. The Morgan fingerprint density at radius 2 is 1.52 bits per heavy atom. The van der Waals surface area contributed by atoms with E-state index in [0.717, 1.165) is 36.4 Å². The lowest BCUT2D eigenvalue weighted by Gasteiger charge is -2.27. The zero-order valence-electron chi connectivity index (χ0n) is 18.3. The van der Waals surface area contributed by atoms with Crippen LogP contribution in [0.1, 0.15) is 30.1 Å². The summed E-state index contributed by atoms with van der Waals surface area (Å²) >= 11 is 6.31. The van der Waals surface area contributed by atoms with E-state index in [4.69, 9.17) is 25.8 Å². The van der Waals surface area contributed by atoms with Gasteiger partial charge in [-0.25, -0.2) is 0 Å². The summed E-state index contributed by atoms with van der Waals surface area (Å²) in [6.07, 6.45) is 2.08. The average Bonchev–Trinajstić information content (AvgIpc) is 2.87. The maximum atomic E-state index is 13.5. The fourth-order valence-corrected chi connectivity index (χ4v) is 3.78. The number of fused-ring (bicyclic) bond motifs is 2. The quantitative estimate of drug-likeness (QED) is 0.433. The highest BCUT2D eigenvalue weighted by molar-refractivity contribution is 6.31. The Balaban J connectivity index is 1.80. The lowest BCUT2D eigenvalue weighted by molar-refractivity contribution is 0.0264. The number of nitrogens with zero attached hydrogens (tertiary/aromatic N) is 2. The number of unbranched alkanes of at least 4 members (excludes halogenated alkanes) is 1. The molecule has 0 bridgehead atoms. The third-order valence-corrected chi connectivity index (χ3v) is 5.42. The number of para-hydroxylation sites is 2. The minimum absolute atomic E-state index is 0.0435. The predicted octanol–water partition coefficient (Wildman–Crippen LogP) is 4.92. The van der Waals surface area contributed by atoms with Crippen LogP contribution in [0, 0.1) is 0 Å². The number of anilines is 3. The molecule has 31 heavy (non-hydrogen) atoms. The van der Waals surface area contributed by atoms with Gasteiger partial charge in [0.2, 0.25) is 0 Å². The van der Waals surface area contributed by atoms with Gasteiger partial charge in [0.15, 0.2) is 0 Å². The molecule has 0 N–H and O–H groups in total. The molecule has 1 aliphatic rings. The van der Waals surface area contributed by atoms with Gasteiger partial charge < -0.3 is 24.0 Å². The summed E-state index contributed by atoms with van der Waals surface area (Å²) in [7, 11) is 1.64. The Kier molecular flexibility index (Phi) is 9.15. The molecule has 168 valence electrons. The molecule has 0 unspecified atom stereocenters. The van der Waals surface area contributed by atoms with Crippen LogP contribution in [-0.4, -0.2) is 59.1 Å². The van der Waals surface area contributed by atoms with Crippen molar-refractivity contribution in [1.29, 1.82) is 0 Å². The van der Waals surface area contributed by atoms with Crippen molar-refractivity contribution in [3.63, 3.8) is 0 Å². The molecule has 0 spiro atoms. The zero-order valence-corrected chi connectivity index (χ0v) is 19.1. The van der Waals surface area contributed by atoms with Crippen molar-refractivity contribution in [3.05, 3.63) is 53.1 Å². The van der Waals surface area contributed by atoms with Gasteiger partial charge in [-0.1, -0.05) is 37.1 Å². The number of methoxy groups -OCH3 is 1. The minimum atomic E-state index is -0.0435. The highest BCUT2D eigenvalue weighted by Gasteiger charge is 2.30. The summed E-state index contributed by atoms with van der Waals surface area (Å²) < 4.78 is 16.1. The number of hydrogen-bond donors (Lipinski definition) is 0. The lowest BCUT2D eigenvalue weighted by atomic mass is 10.1. The van der Waals surface area contributed by atoms with Gasteiger partial charge in [-0.3, -0.25) is 4.79 Å². The maximum absolute atomic E-state index is 13.5. The third-order valence-electron chi connectivity index (χ3n) is 5.19. The van der Waals surface area contributed by atoms with Crippen LogP contribution in [0.3, 0.4) is 0 Å². The number of carbonyl (C=O) groups is 1. The van der Waals surface area contributed by atoms with Crippen LogP contribution in [-0.2, 0) is 14.2 Å². The Hall–Kier alpha value is -2.12. The summed E-state index contributed by atoms with van der Waals surface area (Å²) in [4.78, 5) is 17.5. The molecule has 7 heteroatoms. The Bertz CT molecular complexity index is 861. The highest BCUT2D eigenvalue weighted by Crippen LogP contribution is 2.41. The SMILES string of the molecule is CCCCN1c2cc(Cl)ccc2C(=O)N(CCOCCOCCOC)c2ccccc21. The number of carbonyl (C=O) groups excluding carboxylic acids is 1. The van der Waals surface area contributed by atoms with Gasteiger partial charge in [-0.2, -0.15) is 0 Å². The average molecular weight is 447 g/mol. The van der Waals surface area contributed by atoms with E-state index < -0.39 is 0 Å². The third kappa shape index (κ3) is 5.98. The van der Waals surface area contributed by atoms with Gasteiger partial charge in [0.25, 0.3) is 5.91 Å². The van der Waals surface area contributed by atoms with Crippen molar-refractivity contribution in [2.75, 3.05) is 63.0 Å². The normalized spacial score (nSPS) is 13.2. The molecule has 0 fully saturated rings. The summed E-state index contributed by atoms with van der Waals surface area (Å²) in [5.41, 5.74) is 3.40. The molecule has 1 amide bonds. The fourth-order valence-electron chi connectivity index (χ4n) is 3.61. The van der Waals surface area contributed by atoms with Gasteiger partial charge in [0.1, 0.15) is 0 Å². The molecule has 3 rings (SSSR count). The molecule has 0 saturated carbocycles. The summed E-state index contributed by atoms with van der Waals surface area (Å²) in [6.45, 7) is 5.95. The highest BCUT2D eigenvalue weighted by atomic mass is 35.5. The lowest BCUT2D eigenvalue weighted by Crippen LogP contribution is -2.33. The van der Waals surface area contributed by atoms with Crippen molar-refractivity contribution in [1.82, 2.24) is 0 Å². The molecule has 6 nitrogen and oxygen atoms in total. The zero-order chi connectivity index (χ0) is 22.1. The smallest absolute Gasteiger partial charge is 0.260 e. The molecule has 2 aromatic carbocycles. The van der Waals surface area contributed by atoms with Gasteiger partial charge in [0, 0.05) is 25.2 Å². The van der Waals surface area contributed by atoms with E-state index in [2.05, 4.69) is 17.9 Å². The second kappa shape index (κ2) is 12.1. The van der Waals surface area contributed by atoms with Gasteiger partial charge >= 0.3 is 0 Å². The first kappa shape index (κ1) is 23.5. The second-order valence-electron chi connectivity index (χ2n) is 7.33. The molecule has 0 atom stereocenters. The van der Waals surface area contributed by atoms with E-state index in [1.54, 1.807) is 18.1 Å². The molecule has 0 aromatic heterocycles. The van der Waals surface area contributed by atoms with Crippen LogP contribution in [0.5, 0.6) is 0 Å². The van der Waals surface area contributed by atoms with Gasteiger partial charge in [0.05, 0.1) is 55.7 Å². The number of ether oxygens (including phenoxy) is 3. The van der Waals surface area contributed by atoms with Crippen molar-refractivity contribution in [3.8, 4) is 0 Å². The molecular formula is C24H31ClN2O4. The minimum Gasteiger partial charge on any atom is -0.382 e. The second-order valence-corrected chi connectivity index (χ2v) is 7.77. The summed E-state index contributed by atoms with van der Waals surface area (Å²) in [5, 5.41) is 0.621. The fraction of sp³-hybridized carbons (Fsp3) is 0.458. The number of amides is 1. The Morgan fingerprint density at radius 3 is 2.23 bits per heavy atom. The van der Waals surface area contributed by atoms with Crippen LogP contribution in [0.15, 0.2) is 42.5 Å². The summed E-state index contributed by atoms with van der Waals surface area (Å²) in [5.74, 6) is -0.0435. The maximum Gasteiger partial charge on any atom is 0.260 e. The summed E-state index contributed by atoms with van der Waals surface area (Å²) in [6, 6.07) is 13.5. The van der Waals surface area contributed by atoms with Crippen molar-refractivity contribution in [2.24, 2.45) is 0 Å². The van der Waals surface area contributed by atoms with Gasteiger partial charge in [-0.05, 0) is 36.8 Å². The Morgan fingerprint density at radius 1 is 0.839 bits per heavy atom. The first-order valence-corrected chi connectivity index (χ1v) is 11.2. The molecule has 1 aliphatic heterocycles. The van der Waals surface area contributed by atoms with Crippen LogP contribution in [0.4, 0.5) is 17.1 Å². The van der Waals surface area contributed by atoms with E-state index in [-0.39, 0.29) is 5.91 Å². The van der Waals surface area contributed by atoms with Crippen LogP contribution >= 0.6 is 11.6 Å². The van der Waals surface area contributed by atoms with Crippen LogP contribution in [0.2, 0.25) is 5.02 Å². The topological polar surface area (TPSA) is 51.2 Å². The molecule has 0 aliphatic carbocycles. The molecule has 2 aromatic rings. The number of rotatable bonds is 12. The first-order chi connectivity index (χ1) is 15.2. The van der Waals surface area contributed by atoms with E-state index in [0.29, 0.717) is 50.2 Å².